The lowest BCUT2D eigenvalue weighted by atomic mass is 10.2. The maximum absolute atomic E-state index is 12.0. The van der Waals surface area contributed by atoms with Crippen molar-refractivity contribution >= 4 is 34.7 Å². The molecule has 27 heavy (non-hydrogen) atoms. The van der Waals surface area contributed by atoms with Crippen LogP contribution in [0.2, 0.25) is 0 Å². The molecule has 2 aromatic heterocycles. The third-order valence-electron chi connectivity index (χ3n) is 3.58. The van der Waals surface area contributed by atoms with Gasteiger partial charge in [0, 0.05) is 22.4 Å². The van der Waals surface area contributed by atoms with E-state index in [1.54, 1.807) is 24.5 Å². The predicted octanol–water partition coefficient (Wildman–Crippen LogP) is 5.04. The Hall–Kier alpha value is -2.64. The lowest BCUT2D eigenvalue weighted by Crippen LogP contribution is -2.01. The van der Waals surface area contributed by atoms with E-state index in [0.29, 0.717) is 18.1 Å². The second-order valence-electron chi connectivity index (χ2n) is 5.44. The number of carbonyl (C=O) groups excluding carboxylic acids is 1. The van der Waals surface area contributed by atoms with Crippen LogP contribution < -0.4 is 9.47 Å². The molecule has 0 aliphatic rings. The average Bonchev–Trinajstić information content (AvgIpc) is 3.37. The fourth-order valence-corrected chi connectivity index (χ4v) is 3.83. The number of thiazole rings is 1. The minimum Gasteiger partial charge on any atom is -0.493 e. The normalized spacial score (nSPS) is 10.9. The second kappa shape index (κ2) is 9.34. The van der Waals surface area contributed by atoms with Gasteiger partial charge < -0.3 is 14.2 Å². The second-order valence-corrected chi connectivity index (χ2v) is 7.08. The number of carbonyl (C=O) groups is 1. The van der Waals surface area contributed by atoms with Crippen LogP contribution in [0.5, 0.6) is 11.5 Å². The molecule has 0 atom stereocenters. The minimum absolute atomic E-state index is 0.149. The fraction of sp³-hybridized carbons (Fsp3) is 0.200. The van der Waals surface area contributed by atoms with Crippen molar-refractivity contribution in [2.45, 2.75) is 13.5 Å². The Labute approximate surface area is 165 Å². The smallest absolute Gasteiger partial charge is 0.331 e. The number of hydrogen-bond donors (Lipinski definition) is 0. The summed E-state index contributed by atoms with van der Waals surface area (Å²) in [4.78, 5) is 16.4. The topological polar surface area (TPSA) is 57.7 Å². The molecule has 5 nitrogen and oxygen atoms in total. The first-order chi connectivity index (χ1) is 13.2. The summed E-state index contributed by atoms with van der Waals surface area (Å²) in [5.41, 5.74) is 2.65. The minimum atomic E-state index is -0.423. The van der Waals surface area contributed by atoms with Crippen molar-refractivity contribution in [2.24, 2.45) is 0 Å². The number of benzene rings is 1. The number of rotatable bonds is 8. The highest BCUT2D eigenvalue weighted by Gasteiger charge is 2.07. The van der Waals surface area contributed by atoms with Crippen LogP contribution >= 0.6 is 22.7 Å². The molecule has 0 bridgehead atoms. The summed E-state index contributed by atoms with van der Waals surface area (Å²) in [5, 5.41) is 6.89. The Morgan fingerprint density at radius 1 is 1.22 bits per heavy atom. The van der Waals surface area contributed by atoms with Crippen molar-refractivity contribution in [1.29, 1.82) is 0 Å². The zero-order valence-electron chi connectivity index (χ0n) is 15.0. The Bertz CT molecular complexity index is 916. The van der Waals surface area contributed by atoms with E-state index < -0.39 is 5.97 Å². The molecule has 3 aromatic rings. The summed E-state index contributed by atoms with van der Waals surface area (Å²) in [5.74, 6) is 0.869. The Balaban J connectivity index is 1.56. The van der Waals surface area contributed by atoms with Gasteiger partial charge in [-0.15, -0.1) is 11.3 Å². The molecule has 0 radical (unpaired) electrons. The highest BCUT2D eigenvalue weighted by molar-refractivity contribution is 7.14. The lowest BCUT2D eigenvalue weighted by molar-refractivity contribution is -0.139. The van der Waals surface area contributed by atoms with E-state index in [1.807, 2.05) is 47.3 Å². The van der Waals surface area contributed by atoms with Gasteiger partial charge in [0.25, 0.3) is 0 Å². The molecule has 0 saturated carbocycles. The number of ether oxygens (including phenoxy) is 3. The first-order valence-electron chi connectivity index (χ1n) is 8.32. The third kappa shape index (κ3) is 5.18. The molecule has 0 aliphatic carbocycles. The highest BCUT2D eigenvalue weighted by Crippen LogP contribution is 2.28. The van der Waals surface area contributed by atoms with Gasteiger partial charge in [0.15, 0.2) is 11.5 Å². The molecule has 0 N–H and O–H groups in total. The monoisotopic (exact) mass is 401 g/mol. The molecule has 1 aromatic carbocycles. The van der Waals surface area contributed by atoms with Gasteiger partial charge in [0.1, 0.15) is 11.6 Å². The zero-order chi connectivity index (χ0) is 19.1. The number of esters is 1. The van der Waals surface area contributed by atoms with E-state index >= 15 is 0 Å². The van der Waals surface area contributed by atoms with Crippen LogP contribution in [0.4, 0.5) is 0 Å². The number of aromatic nitrogens is 1. The van der Waals surface area contributed by atoms with Crippen molar-refractivity contribution in [2.75, 3.05) is 13.7 Å². The van der Waals surface area contributed by atoms with E-state index in [9.17, 15) is 4.79 Å². The Morgan fingerprint density at radius 2 is 2.11 bits per heavy atom. The number of nitrogens with zero attached hydrogens (tertiary/aromatic N) is 1. The van der Waals surface area contributed by atoms with Crippen LogP contribution in [0.25, 0.3) is 16.6 Å². The summed E-state index contributed by atoms with van der Waals surface area (Å²) < 4.78 is 16.0. The van der Waals surface area contributed by atoms with Crippen LogP contribution in [0.1, 0.15) is 18.2 Å². The molecule has 0 saturated heterocycles. The molecular formula is C20H19NO4S2. The first-order valence-corrected chi connectivity index (χ1v) is 10.1. The van der Waals surface area contributed by atoms with Crippen LogP contribution in [-0.2, 0) is 16.1 Å². The van der Waals surface area contributed by atoms with E-state index in [1.165, 1.54) is 17.4 Å². The molecule has 0 amide bonds. The van der Waals surface area contributed by atoms with Gasteiger partial charge in [-0.25, -0.2) is 9.78 Å². The van der Waals surface area contributed by atoms with Crippen LogP contribution in [-0.4, -0.2) is 24.7 Å². The van der Waals surface area contributed by atoms with Gasteiger partial charge in [0.05, 0.1) is 19.4 Å². The third-order valence-corrected chi connectivity index (χ3v) is 5.20. The summed E-state index contributed by atoms with van der Waals surface area (Å²) in [6, 6.07) is 7.49. The van der Waals surface area contributed by atoms with Crippen LogP contribution in [0, 0.1) is 0 Å². The molecule has 0 spiro atoms. The van der Waals surface area contributed by atoms with E-state index in [4.69, 9.17) is 14.2 Å². The lowest BCUT2D eigenvalue weighted by Gasteiger charge is -2.09. The van der Waals surface area contributed by atoms with Crippen molar-refractivity contribution in [3.63, 3.8) is 0 Å². The summed E-state index contributed by atoms with van der Waals surface area (Å²) >= 11 is 3.17. The molecule has 0 fully saturated rings. The zero-order valence-corrected chi connectivity index (χ0v) is 16.6. The van der Waals surface area contributed by atoms with Crippen molar-refractivity contribution in [3.05, 3.63) is 57.7 Å². The Kier molecular flexibility index (Phi) is 6.62. The van der Waals surface area contributed by atoms with Crippen molar-refractivity contribution < 1.29 is 19.0 Å². The SMILES string of the molecule is CCOc1ccc(/C=C/C(=O)OCc2csc(-c3ccsc3)n2)cc1OC. The largest absolute Gasteiger partial charge is 0.493 e. The predicted molar refractivity (Wildman–Crippen MR) is 108 cm³/mol. The molecule has 3 rings (SSSR count). The first kappa shape index (κ1) is 19.1. The average molecular weight is 402 g/mol. The van der Waals surface area contributed by atoms with Gasteiger partial charge in [-0.2, -0.15) is 11.3 Å². The van der Waals surface area contributed by atoms with E-state index in [0.717, 1.165) is 21.8 Å². The van der Waals surface area contributed by atoms with Crippen LogP contribution in [0.15, 0.2) is 46.5 Å². The van der Waals surface area contributed by atoms with Gasteiger partial charge in [-0.05, 0) is 42.1 Å². The molecule has 0 unspecified atom stereocenters. The van der Waals surface area contributed by atoms with Gasteiger partial charge in [-0.3, -0.25) is 0 Å². The molecular weight excluding hydrogens is 382 g/mol. The molecule has 2 heterocycles. The summed E-state index contributed by atoms with van der Waals surface area (Å²) in [6.07, 6.45) is 3.07. The molecule has 0 aliphatic heterocycles. The Morgan fingerprint density at radius 3 is 2.85 bits per heavy atom. The highest BCUT2D eigenvalue weighted by atomic mass is 32.1. The van der Waals surface area contributed by atoms with Crippen molar-refractivity contribution in [1.82, 2.24) is 4.98 Å². The van der Waals surface area contributed by atoms with Gasteiger partial charge >= 0.3 is 5.97 Å². The van der Waals surface area contributed by atoms with Gasteiger partial charge in [-0.1, -0.05) is 6.07 Å². The molecule has 7 heteroatoms. The van der Waals surface area contributed by atoms with Gasteiger partial charge in [0.2, 0.25) is 0 Å². The number of hydrogen-bond acceptors (Lipinski definition) is 7. The van der Waals surface area contributed by atoms with Crippen LogP contribution in [0.3, 0.4) is 0 Å². The summed E-state index contributed by atoms with van der Waals surface area (Å²) in [7, 11) is 1.58. The number of thiophene rings is 1. The number of methoxy groups -OCH3 is 1. The summed E-state index contributed by atoms with van der Waals surface area (Å²) in [6.45, 7) is 2.62. The maximum Gasteiger partial charge on any atom is 0.331 e. The van der Waals surface area contributed by atoms with E-state index in [2.05, 4.69) is 4.98 Å². The van der Waals surface area contributed by atoms with Crippen molar-refractivity contribution in [3.8, 4) is 22.1 Å². The van der Waals surface area contributed by atoms with E-state index in [-0.39, 0.29) is 6.61 Å². The fourth-order valence-electron chi connectivity index (χ4n) is 2.31. The maximum atomic E-state index is 12.0. The molecule has 140 valence electrons. The quantitative estimate of drug-likeness (QED) is 0.391. The standard InChI is InChI=1S/C20H19NO4S2/c1-3-24-17-6-4-14(10-18(17)23-2)5-7-19(22)25-11-16-13-27-20(21-16)15-8-9-26-12-15/h4-10,12-13H,3,11H2,1-2H3/b7-5+.